The van der Waals surface area contributed by atoms with Gasteiger partial charge in [-0.3, -0.25) is 19.3 Å². The molecule has 1 atom stereocenters. The number of pyridine rings is 1. The van der Waals surface area contributed by atoms with E-state index in [0.717, 1.165) is 17.3 Å². The van der Waals surface area contributed by atoms with Crippen LogP contribution in [0.1, 0.15) is 87.0 Å². The number of halogens is 5. The van der Waals surface area contributed by atoms with Crippen molar-refractivity contribution >= 4 is 35.1 Å². The Morgan fingerprint density at radius 3 is 2.25 bits per heavy atom. The number of nitrogens with zero attached hydrogens (tertiary/aromatic N) is 4. The predicted molar refractivity (Wildman–Crippen MR) is 143 cm³/mol. The summed E-state index contributed by atoms with van der Waals surface area (Å²) < 4.78 is 50.3. The molecule has 1 aliphatic carbocycles. The van der Waals surface area contributed by atoms with Gasteiger partial charge in [0, 0.05) is 25.5 Å². The lowest BCUT2D eigenvalue weighted by molar-refractivity contribution is -0.152. The van der Waals surface area contributed by atoms with Gasteiger partial charge < -0.3 is 14.7 Å². The SMILES string of the molecule is CC1(C)CC[C@H](CN(CCc2c(Cl)cncc2Cl)C(=O)c2cnn([C@H]3CC[C@](C)(C(=O)O)CC3)c2C(F)(F)F)O1. The Morgan fingerprint density at radius 2 is 1.73 bits per heavy atom. The van der Waals surface area contributed by atoms with E-state index in [1.165, 1.54) is 17.3 Å². The van der Waals surface area contributed by atoms with E-state index in [-0.39, 0.29) is 51.3 Å². The molecule has 8 nitrogen and oxygen atoms in total. The lowest BCUT2D eigenvalue weighted by Crippen LogP contribution is -2.40. The van der Waals surface area contributed by atoms with Crippen molar-refractivity contribution in [2.45, 2.75) is 89.6 Å². The second-order valence-corrected chi connectivity index (χ2v) is 12.4. The standard InChI is InChI=1S/C27H33Cl2F3N4O4/c1-25(2)8-6-17(40-25)15-35(11-7-18-20(28)13-33-14-21(18)29)23(37)19-12-34-36(22(19)27(30,31)32)16-4-9-26(3,10-5-16)24(38)39/h12-14,16-17H,4-11,15H2,1-3H3,(H,38,39)/t16-,17-,26-/m1/s1. The minimum Gasteiger partial charge on any atom is -0.481 e. The number of amides is 1. The number of ether oxygens (including phenoxy) is 1. The molecule has 1 saturated carbocycles. The van der Waals surface area contributed by atoms with Gasteiger partial charge in [-0.2, -0.15) is 18.3 Å². The highest BCUT2D eigenvalue weighted by Crippen LogP contribution is 2.43. The van der Waals surface area contributed by atoms with E-state index in [9.17, 15) is 27.9 Å². The maximum Gasteiger partial charge on any atom is 0.433 e. The number of alkyl halides is 3. The summed E-state index contributed by atoms with van der Waals surface area (Å²) in [4.78, 5) is 30.7. The largest absolute Gasteiger partial charge is 0.481 e. The van der Waals surface area contributed by atoms with Crippen LogP contribution >= 0.6 is 23.2 Å². The zero-order valence-electron chi connectivity index (χ0n) is 22.6. The Kier molecular flexibility index (Phi) is 8.78. The van der Waals surface area contributed by atoms with Crippen LogP contribution in [0.3, 0.4) is 0 Å². The lowest BCUT2D eigenvalue weighted by atomic mass is 9.74. The number of hydrogen-bond acceptors (Lipinski definition) is 5. The van der Waals surface area contributed by atoms with E-state index >= 15 is 0 Å². The molecule has 13 heteroatoms. The average molecular weight is 605 g/mol. The summed E-state index contributed by atoms with van der Waals surface area (Å²) in [6.07, 6.45) is 1.04. The first kappa shape index (κ1) is 30.6. The van der Waals surface area contributed by atoms with Gasteiger partial charge in [-0.15, -0.1) is 0 Å². The van der Waals surface area contributed by atoms with Gasteiger partial charge in [-0.05, 0) is 71.3 Å². The summed E-state index contributed by atoms with van der Waals surface area (Å²) in [6, 6.07) is -0.674. The van der Waals surface area contributed by atoms with E-state index < -0.39 is 46.4 Å². The molecule has 2 aromatic rings. The second-order valence-electron chi connectivity index (χ2n) is 11.6. The van der Waals surface area contributed by atoms with Crippen LogP contribution in [0.15, 0.2) is 18.6 Å². The first-order valence-electron chi connectivity index (χ1n) is 13.2. The summed E-state index contributed by atoms with van der Waals surface area (Å²) in [5, 5.41) is 14.1. The van der Waals surface area contributed by atoms with Crippen LogP contribution in [-0.2, 0) is 22.1 Å². The molecule has 2 aliphatic rings. The molecule has 2 fully saturated rings. The van der Waals surface area contributed by atoms with Gasteiger partial charge in [0.15, 0.2) is 5.69 Å². The maximum absolute atomic E-state index is 14.5. The first-order valence-corrected chi connectivity index (χ1v) is 14.0. The van der Waals surface area contributed by atoms with Gasteiger partial charge in [0.1, 0.15) is 0 Å². The fourth-order valence-electron chi connectivity index (χ4n) is 5.60. The monoisotopic (exact) mass is 604 g/mol. The number of carbonyl (C=O) groups is 2. The van der Waals surface area contributed by atoms with Crippen LogP contribution < -0.4 is 0 Å². The topological polar surface area (TPSA) is 97.6 Å². The molecule has 1 saturated heterocycles. The third-order valence-corrected chi connectivity index (χ3v) is 8.72. The highest BCUT2D eigenvalue weighted by atomic mass is 35.5. The fraction of sp³-hybridized carbons (Fsp3) is 0.630. The number of carbonyl (C=O) groups excluding carboxylic acids is 1. The Morgan fingerprint density at radius 1 is 1.10 bits per heavy atom. The van der Waals surface area contributed by atoms with Gasteiger partial charge in [0.05, 0.1) is 45.0 Å². The van der Waals surface area contributed by atoms with E-state index in [0.29, 0.717) is 22.0 Å². The Hall–Kier alpha value is -2.37. The number of aliphatic carboxylic acids is 1. The van der Waals surface area contributed by atoms with E-state index in [1.807, 2.05) is 13.8 Å². The summed E-state index contributed by atoms with van der Waals surface area (Å²) in [6.45, 7) is 5.60. The van der Waals surface area contributed by atoms with Crippen LogP contribution in [0, 0.1) is 5.41 Å². The van der Waals surface area contributed by atoms with Crippen LogP contribution in [0.5, 0.6) is 0 Å². The summed E-state index contributed by atoms with van der Waals surface area (Å²) in [7, 11) is 0. The fourth-order valence-corrected chi connectivity index (χ4v) is 6.15. The molecule has 0 bridgehead atoms. The van der Waals surface area contributed by atoms with Crippen molar-refractivity contribution in [3.05, 3.63) is 45.5 Å². The molecule has 1 amide bonds. The van der Waals surface area contributed by atoms with Crippen LogP contribution in [0.2, 0.25) is 10.0 Å². The normalized spacial score (nSPS) is 24.7. The molecule has 4 rings (SSSR count). The van der Waals surface area contributed by atoms with Crippen molar-refractivity contribution in [2.24, 2.45) is 5.41 Å². The maximum atomic E-state index is 14.5. The summed E-state index contributed by atoms with van der Waals surface area (Å²) in [5.74, 6) is -1.79. The zero-order valence-corrected chi connectivity index (χ0v) is 24.1. The number of rotatable bonds is 8. The van der Waals surface area contributed by atoms with E-state index in [4.69, 9.17) is 27.9 Å². The van der Waals surface area contributed by atoms with Gasteiger partial charge in [0.2, 0.25) is 0 Å². The van der Waals surface area contributed by atoms with Crippen LogP contribution in [-0.4, -0.2) is 61.4 Å². The highest BCUT2D eigenvalue weighted by molar-refractivity contribution is 6.35. The van der Waals surface area contributed by atoms with Gasteiger partial charge in [-0.1, -0.05) is 23.2 Å². The molecule has 0 spiro atoms. The summed E-state index contributed by atoms with van der Waals surface area (Å²) in [5.41, 5.74) is -2.53. The molecular formula is C27H33Cl2F3N4O4. The molecule has 3 heterocycles. The van der Waals surface area contributed by atoms with E-state index in [1.54, 1.807) is 6.92 Å². The van der Waals surface area contributed by atoms with Crippen molar-refractivity contribution in [3.63, 3.8) is 0 Å². The van der Waals surface area contributed by atoms with Crippen molar-refractivity contribution in [1.29, 1.82) is 0 Å². The summed E-state index contributed by atoms with van der Waals surface area (Å²) >= 11 is 12.5. The molecule has 2 aromatic heterocycles. The minimum absolute atomic E-state index is 0.0471. The number of hydrogen-bond donors (Lipinski definition) is 1. The van der Waals surface area contributed by atoms with Crippen molar-refractivity contribution in [2.75, 3.05) is 13.1 Å². The number of carboxylic acids is 1. The number of aromatic nitrogens is 3. The Balaban J connectivity index is 1.63. The minimum atomic E-state index is -4.86. The molecule has 40 heavy (non-hydrogen) atoms. The Bertz CT molecular complexity index is 1240. The molecule has 0 radical (unpaired) electrons. The van der Waals surface area contributed by atoms with Gasteiger partial charge >= 0.3 is 12.1 Å². The smallest absolute Gasteiger partial charge is 0.433 e. The first-order chi connectivity index (χ1) is 18.6. The number of carboxylic acid groups (broad SMARTS) is 1. The molecule has 0 aromatic carbocycles. The molecule has 1 aliphatic heterocycles. The van der Waals surface area contributed by atoms with Crippen LogP contribution in [0.4, 0.5) is 13.2 Å². The molecule has 1 N–H and O–H groups in total. The predicted octanol–water partition coefficient (Wildman–Crippen LogP) is 6.45. The van der Waals surface area contributed by atoms with Crippen molar-refractivity contribution in [3.8, 4) is 0 Å². The quantitative estimate of drug-likeness (QED) is 0.372. The lowest BCUT2D eigenvalue weighted by Gasteiger charge is -2.34. The zero-order chi connectivity index (χ0) is 29.5. The second kappa shape index (κ2) is 11.5. The molecule has 0 unspecified atom stereocenters. The average Bonchev–Trinajstić information content (AvgIpc) is 3.46. The Labute approximate surface area is 240 Å². The third kappa shape index (κ3) is 6.57. The van der Waals surface area contributed by atoms with Crippen molar-refractivity contribution < 1.29 is 32.6 Å². The molecule has 220 valence electrons. The highest BCUT2D eigenvalue weighted by Gasteiger charge is 2.45. The van der Waals surface area contributed by atoms with Crippen LogP contribution in [0.25, 0.3) is 0 Å². The van der Waals surface area contributed by atoms with Gasteiger partial charge in [-0.25, -0.2) is 0 Å². The third-order valence-electron chi connectivity index (χ3n) is 8.06. The molecular weight excluding hydrogens is 572 g/mol. The van der Waals surface area contributed by atoms with E-state index in [2.05, 4.69) is 10.1 Å². The van der Waals surface area contributed by atoms with Gasteiger partial charge in [0.25, 0.3) is 5.91 Å². The van der Waals surface area contributed by atoms with Crippen molar-refractivity contribution in [1.82, 2.24) is 19.7 Å².